The molecule has 0 aliphatic rings. The normalized spacial score (nSPS) is 11.9. The molecule has 0 atom stereocenters. The second-order valence-electron chi connectivity index (χ2n) is 9.86. The van der Waals surface area contributed by atoms with Crippen LogP contribution in [0.4, 0.5) is 5.69 Å². The van der Waals surface area contributed by atoms with Gasteiger partial charge in [-0.25, -0.2) is 4.98 Å². The molecule has 0 radical (unpaired) electrons. The van der Waals surface area contributed by atoms with Crippen LogP contribution in [0.3, 0.4) is 0 Å². The molecule has 0 amide bonds. The summed E-state index contributed by atoms with van der Waals surface area (Å²) < 4.78 is 2.12. The Morgan fingerprint density at radius 2 is 1.38 bits per heavy atom. The van der Waals surface area contributed by atoms with Crippen LogP contribution in [0.5, 0.6) is 0 Å². The number of hydrogen-bond donors (Lipinski definition) is 4. The van der Waals surface area contributed by atoms with Gasteiger partial charge in [0.2, 0.25) is 0 Å². The average molecular weight is 635 g/mol. The third kappa shape index (κ3) is 3.68. The van der Waals surface area contributed by atoms with E-state index in [9.17, 15) is 0 Å². The molecular formula is C32H21Br2N5. The van der Waals surface area contributed by atoms with Crippen molar-refractivity contribution >= 4 is 91.9 Å². The monoisotopic (exact) mass is 633 g/mol. The molecule has 0 bridgehead atoms. The van der Waals surface area contributed by atoms with Crippen molar-refractivity contribution in [2.75, 3.05) is 5.32 Å². The van der Waals surface area contributed by atoms with E-state index in [1.54, 1.807) is 0 Å². The first-order chi connectivity index (χ1) is 19.1. The lowest BCUT2D eigenvalue weighted by molar-refractivity contribution is 1.16. The second kappa shape index (κ2) is 8.73. The number of rotatable bonds is 4. The van der Waals surface area contributed by atoms with Gasteiger partial charge in [0.05, 0.1) is 11.0 Å². The molecular weight excluding hydrogens is 614 g/mol. The molecule has 3 aromatic heterocycles. The van der Waals surface area contributed by atoms with Crippen molar-refractivity contribution < 1.29 is 0 Å². The fourth-order valence-electron chi connectivity index (χ4n) is 5.69. The van der Waals surface area contributed by atoms with Crippen LogP contribution >= 0.6 is 31.9 Å². The van der Waals surface area contributed by atoms with Gasteiger partial charge in [0.25, 0.3) is 0 Å². The number of benzene rings is 5. The molecule has 8 aromatic rings. The fourth-order valence-corrected chi connectivity index (χ4v) is 6.42. The molecule has 0 aliphatic heterocycles. The summed E-state index contributed by atoms with van der Waals surface area (Å²) in [5.41, 5.74) is 7.59. The maximum absolute atomic E-state index is 5.15. The summed E-state index contributed by atoms with van der Waals surface area (Å²) in [4.78, 5) is 15.6. The molecule has 7 heteroatoms. The smallest absolute Gasteiger partial charge is 0.140 e. The third-order valence-electron chi connectivity index (χ3n) is 7.58. The SMILES string of the molecule is Brc1ccc2[nH]cc(CNc3ccc4c5ccccc5c5nc(-c6c[nH]c7ccc(Br)cc67)[nH]c5c4c3)c2c1. The minimum Gasteiger partial charge on any atom is -0.381 e. The topological polar surface area (TPSA) is 72.3 Å². The number of nitrogens with one attached hydrogen (secondary N) is 4. The molecule has 3 heterocycles. The Balaban J connectivity index is 1.28. The van der Waals surface area contributed by atoms with Crippen molar-refractivity contribution in [3.8, 4) is 11.4 Å². The van der Waals surface area contributed by atoms with Crippen LogP contribution in [0.2, 0.25) is 0 Å². The van der Waals surface area contributed by atoms with Crippen LogP contribution < -0.4 is 5.32 Å². The summed E-state index contributed by atoms with van der Waals surface area (Å²) in [6.07, 6.45) is 4.11. The third-order valence-corrected chi connectivity index (χ3v) is 8.56. The molecule has 0 spiro atoms. The Morgan fingerprint density at radius 1 is 0.667 bits per heavy atom. The van der Waals surface area contributed by atoms with Gasteiger partial charge >= 0.3 is 0 Å². The highest BCUT2D eigenvalue weighted by molar-refractivity contribution is 9.10. The van der Waals surface area contributed by atoms with Crippen LogP contribution in [0.15, 0.2) is 100 Å². The van der Waals surface area contributed by atoms with Crippen LogP contribution in [-0.4, -0.2) is 19.9 Å². The van der Waals surface area contributed by atoms with E-state index in [1.807, 2.05) is 12.3 Å². The van der Waals surface area contributed by atoms with Gasteiger partial charge in [0, 0.05) is 71.7 Å². The Bertz CT molecular complexity index is 2220. The molecule has 4 N–H and O–H groups in total. The predicted octanol–water partition coefficient (Wildman–Crippen LogP) is 9.64. The van der Waals surface area contributed by atoms with Crippen LogP contribution in [0, 0.1) is 0 Å². The molecule has 5 nitrogen and oxygen atoms in total. The Hall–Kier alpha value is -4.07. The summed E-state index contributed by atoms with van der Waals surface area (Å²) >= 11 is 7.22. The molecule has 0 unspecified atom stereocenters. The lowest BCUT2D eigenvalue weighted by Crippen LogP contribution is -1.98. The molecule has 8 rings (SSSR count). The van der Waals surface area contributed by atoms with E-state index in [2.05, 4.69) is 131 Å². The van der Waals surface area contributed by atoms with E-state index in [-0.39, 0.29) is 0 Å². The Morgan fingerprint density at radius 3 is 2.23 bits per heavy atom. The largest absolute Gasteiger partial charge is 0.381 e. The number of fused-ring (bicyclic) bond motifs is 8. The van der Waals surface area contributed by atoms with Crippen molar-refractivity contribution in [2.24, 2.45) is 0 Å². The molecule has 0 saturated heterocycles. The average Bonchev–Trinajstić information content (AvgIpc) is 3.68. The molecule has 188 valence electrons. The van der Waals surface area contributed by atoms with E-state index in [1.165, 1.54) is 21.7 Å². The highest BCUT2D eigenvalue weighted by Gasteiger charge is 2.16. The van der Waals surface area contributed by atoms with Gasteiger partial charge in [-0.15, -0.1) is 0 Å². The van der Waals surface area contributed by atoms with E-state index in [0.717, 1.165) is 70.8 Å². The quantitative estimate of drug-likeness (QED) is 0.146. The van der Waals surface area contributed by atoms with Crippen molar-refractivity contribution in [1.29, 1.82) is 0 Å². The number of hydrogen-bond acceptors (Lipinski definition) is 2. The number of anilines is 1. The Labute approximate surface area is 239 Å². The van der Waals surface area contributed by atoms with Gasteiger partial charge in [-0.1, -0.05) is 62.2 Å². The van der Waals surface area contributed by atoms with Gasteiger partial charge in [0.15, 0.2) is 0 Å². The first kappa shape index (κ1) is 22.9. The predicted molar refractivity (Wildman–Crippen MR) is 169 cm³/mol. The van der Waals surface area contributed by atoms with Gasteiger partial charge < -0.3 is 20.3 Å². The zero-order valence-corrected chi connectivity index (χ0v) is 23.7. The maximum atomic E-state index is 5.15. The number of halogens is 2. The lowest BCUT2D eigenvalue weighted by Gasteiger charge is -2.10. The van der Waals surface area contributed by atoms with Gasteiger partial charge in [-0.05, 0) is 64.9 Å². The van der Waals surface area contributed by atoms with Crippen LogP contribution in [0.25, 0.3) is 65.8 Å². The highest BCUT2D eigenvalue weighted by atomic mass is 79.9. The molecule has 0 saturated carbocycles. The van der Waals surface area contributed by atoms with Crippen LogP contribution in [-0.2, 0) is 6.54 Å². The summed E-state index contributed by atoms with van der Waals surface area (Å²) in [5, 5.41) is 10.7. The second-order valence-corrected chi connectivity index (χ2v) is 11.7. The molecule has 0 fully saturated rings. The van der Waals surface area contributed by atoms with Gasteiger partial charge in [-0.2, -0.15) is 0 Å². The number of imidazole rings is 1. The van der Waals surface area contributed by atoms with Crippen molar-refractivity contribution in [1.82, 2.24) is 19.9 Å². The molecule has 39 heavy (non-hydrogen) atoms. The molecule has 5 aromatic carbocycles. The number of nitrogens with zero attached hydrogens (tertiary/aromatic N) is 1. The Kier molecular flexibility index (Phi) is 5.12. The minimum atomic E-state index is 0.719. The molecule has 0 aliphatic carbocycles. The highest BCUT2D eigenvalue weighted by Crippen LogP contribution is 2.38. The standard InChI is InChI=1S/C32H21Br2N5/c33-18-5-9-28-24(11-18)17(15-36-28)14-35-20-7-8-22-21-3-1-2-4-23(21)30-31(26(22)13-20)39-32(38-30)27-16-37-29-10-6-19(34)12-25(27)29/h1-13,15-16,35-37H,14H2,(H,38,39). The first-order valence-corrected chi connectivity index (χ1v) is 14.3. The number of H-pyrrole nitrogens is 3. The summed E-state index contributed by atoms with van der Waals surface area (Å²) in [6, 6.07) is 27.7. The first-order valence-electron chi connectivity index (χ1n) is 12.7. The van der Waals surface area contributed by atoms with E-state index < -0.39 is 0 Å². The van der Waals surface area contributed by atoms with E-state index in [4.69, 9.17) is 4.98 Å². The maximum Gasteiger partial charge on any atom is 0.140 e. The van der Waals surface area contributed by atoms with E-state index in [0.29, 0.717) is 0 Å². The van der Waals surface area contributed by atoms with Crippen LogP contribution in [0.1, 0.15) is 5.56 Å². The lowest BCUT2D eigenvalue weighted by atomic mass is 9.99. The zero-order valence-electron chi connectivity index (χ0n) is 20.6. The summed E-state index contributed by atoms with van der Waals surface area (Å²) in [7, 11) is 0. The summed E-state index contributed by atoms with van der Waals surface area (Å²) in [5.74, 6) is 0.856. The zero-order chi connectivity index (χ0) is 26.1. The van der Waals surface area contributed by atoms with Crippen molar-refractivity contribution in [2.45, 2.75) is 6.54 Å². The number of aromatic nitrogens is 4. The summed E-state index contributed by atoms with van der Waals surface area (Å²) in [6.45, 7) is 0.719. The van der Waals surface area contributed by atoms with Gasteiger partial charge in [0.1, 0.15) is 5.82 Å². The minimum absolute atomic E-state index is 0.719. The van der Waals surface area contributed by atoms with Crippen molar-refractivity contribution in [3.63, 3.8) is 0 Å². The van der Waals surface area contributed by atoms with Gasteiger partial charge in [-0.3, -0.25) is 0 Å². The number of aromatic amines is 3. The fraction of sp³-hybridized carbons (Fsp3) is 0.0312. The van der Waals surface area contributed by atoms with Crippen molar-refractivity contribution in [3.05, 3.63) is 106 Å². The van der Waals surface area contributed by atoms with E-state index >= 15 is 0 Å².